The summed E-state index contributed by atoms with van der Waals surface area (Å²) in [5.74, 6) is 0.137. The zero-order chi connectivity index (χ0) is 19.4. The van der Waals surface area contributed by atoms with Crippen LogP contribution in [0.5, 0.6) is 0 Å². The van der Waals surface area contributed by atoms with Gasteiger partial charge in [0, 0.05) is 31.3 Å². The summed E-state index contributed by atoms with van der Waals surface area (Å²) < 4.78 is 3.39. The van der Waals surface area contributed by atoms with Crippen LogP contribution in [0.3, 0.4) is 0 Å². The van der Waals surface area contributed by atoms with Gasteiger partial charge in [0.2, 0.25) is 5.43 Å². The van der Waals surface area contributed by atoms with E-state index < -0.39 is 0 Å². The molecule has 0 saturated heterocycles. The van der Waals surface area contributed by atoms with Crippen molar-refractivity contribution in [3.05, 3.63) is 76.0 Å². The summed E-state index contributed by atoms with van der Waals surface area (Å²) >= 11 is 0. The van der Waals surface area contributed by atoms with E-state index in [0.717, 1.165) is 22.5 Å². The van der Waals surface area contributed by atoms with E-state index in [1.54, 1.807) is 27.8 Å². The van der Waals surface area contributed by atoms with Gasteiger partial charge in [0.25, 0.3) is 0 Å². The minimum atomic E-state index is -0.0555. The van der Waals surface area contributed by atoms with Crippen molar-refractivity contribution < 1.29 is 0 Å². The third-order valence-electron chi connectivity index (χ3n) is 4.47. The fourth-order valence-corrected chi connectivity index (χ4v) is 3.00. The normalized spacial score (nSPS) is 12.4. The van der Waals surface area contributed by atoms with Crippen LogP contribution >= 0.6 is 0 Å². The molecular formula is C21H23N5O. The second-order valence-corrected chi connectivity index (χ2v) is 6.52. The van der Waals surface area contributed by atoms with E-state index in [1.165, 1.54) is 0 Å². The van der Waals surface area contributed by atoms with Gasteiger partial charge in [-0.25, -0.2) is 4.68 Å². The Labute approximate surface area is 158 Å². The first-order valence-electron chi connectivity index (χ1n) is 8.83. The average Bonchev–Trinajstić information content (AvgIpc) is 3.10. The fourth-order valence-electron chi connectivity index (χ4n) is 3.00. The van der Waals surface area contributed by atoms with Crippen LogP contribution in [-0.2, 0) is 13.5 Å². The van der Waals surface area contributed by atoms with Gasteiger partial charge in [-0.2, -0.15) is 10.2 Å². The van der Waals surface area contributed by atoms with Crippen molar-refractivity contribution >= 4 is 18.5 Å². The lowest BCUT2D eigenvalue weighted by Gasteiger charge is -2.14. The number of benzene rings is 1. The minimum Gasteiger partial charge on any atom is -0.288 e. The van der Waals surface area contributed by atoms with Gasteiger partial charge in [-0.3, -0.25) is 14.5 Å². The Morgan fingerprint density at radius 1 is 1.33 bits per heavy atom. The molecule has 1 aromatic carbocycles. The molecule has 0 N–H and O–H groups in total. The molecule has 0 fully saturated rings. The monoisotopic (exact) mass is 361 g/mol. The summed E-state index contributed by atoms with van der Waals surface area (Å²) in [6.45, 7) is 7.69. The van der Waals surface area contributed by atoms with E-state index in [1.807, 2.05) is 44.5 Å². The Hall–Kier alpha value is -3.28. The van der Waals surface area contributed by atoms with Gasteiger partial charge in [-0.05, 0) is 37.3 Å². The first kappa shape index (κ1) is 18.5. The van der Waals surface area contributed by atoms with Gasteiger partial charge in [0.15, 0.2) is 0 Å². The number of aromatic nitrogens is 4. The van der Waals surface area contributed by atoms with Crippen LogP contribution in [-0.4, -0.2) is 26.3 Å². The first-order chi connectivity index (χ1) is 13.0. The minimum absolute atomic E-state index is 0.0555. The van der Waals surface area contributed by atoms with Crippen molar-refractivity contribution in [3.8, 4) is 5.69 Å². The molecule has 6 heteroatoms. The molecule has 1 unspecified atom stereocenters. The number of aliphatic imine (C=N–C) groups is 1. The van der Waals surface area contributed by atoms with Crippen LogP contribution in [0.1, 0.15) is 36.6 Å². The lowest BCUT2D eigenvalue weighted by molar-refractivity contribution is 0.693. The van der Waals surface area contributed by atoms with E-state index in [4.69, 9.17) is 0 Å². The Balaban J connectivity index is 1.90. The number of hydrogen-bond acceptors (Lipinski definition) is 4. The number of hydrogen-bond donors (Lipinski definition) is 0. The molecule has 3 rings (SSSR count). The zero-order valence-corrected chi connectivity index (χ0v) is 15.8. The molecule has 0 spiro atoms. The third-order valence-corrected chi connectivity index (χ3v) is 4.47. The lowest BCUT2D eigenvalue weighted by Crippen LogP contribution is -2.17. The molecule has 138 valence electrons. The second kappa shape index (κ2) is 7.95. The molecule has 3 aromatic rings. The van der Waals surface area contributed by atoms with Crippen LogP contribution in [0.25, 0.3) is 11.8 Å². The molecule has 6 nitrogen and oxygen atoms in total. The maximum absolute atomic E-state index is 12.3. The highest BCUT2D eigenvalue weighted by Gasteiger charge is 2.13. The number of allylic oxidation sites excluding steroid dienone is 1. The topological polar surface area (TPSA) is 65.1 Å². The smallest absolute Gasteiger partial charge is 0.203 e. The van der Waals surface area contributed by atoms with Gasteiger partial charge < -0.3 is 0 Å². The van der Waals surface area contributed by atoms with Crippen molar-refractivity contribution in [1.82, 2.24) is 19.6 Å². The Morgan fingerprint density at radius 2 is 2.15 bits per heavy atom. The average molecular weight is 361 g/mol. The summed E-state index contributed by atoms with van der Waals surface area (Å²) in [6.07, 6.45) is 9.78. The van der Waals surface area contributed by atoms with E-state index in [9.17, 15) is 4.79 Å². The molecule has 0 aliphatic rings. The van der Waals surface area contributed by atoms with Crippen molar-refractivity contribution in [1.29, 1.82) is 0 Å². The molecule has 0 radical (unpaired) electrons. The van der Waals surface area contributed by atoms with E-state index in [-0.39, 0.29) is 11.3 Å². The predicted molar refractivity (Wildman–Crippen MR) is 109 cm³/mol. The molecule has 0 aliphatic heterocycles. The molecule has 1 atom stereocenters. The SMILES string of the molecule is C=Nc1ccc(C(C)Cc2nn(-c3cnn(C)c3)ccc2=O)cc1/C=C\C. The summed E-state index contributed by atoms with van der Waals surface area (Å²) in [5, 5.41) is 8.68. The molecule has 2 aromatic heterocycles. The highest BCUT2D eigenvalue weighted by molar-refractivity contribution is 5.66. The standard InChI is InChI=1S/C21H23N5O/c1-5-6-17-12-16(7-8-19(17)22-3)15(2)11-20-21(27)9-10-26(24-20)18-13-23-25(4)14-18/h5-10,12-15H,3,11H2,1-2,4H3/b6-5-. The molecule has 0 saturated carbocycles. The number of nitrogens with zero attached hydrogens (tertiary/aromatic N) is 5. The van der Waals surface area contributed by atoms with Crippen LogP contribution in [0.15, 0.2) is 58.7 Å². The molecule has 2 heterocycles. The maximum Gasteiger partial charge on any atom is 0.203 e. The van der Waals surface area contributed by atoms with Gasteiger partial charge in [-0.1, -0.05) is 25.1 Å². The van der Waals surface area contributed by atoms with Gasteiger partial charge in [0.05, 0.1) is 18.1 Å². The van der Waals surface area contributed by atoms with E-state index >= 15 is 0 Å². The van der Waals surface area contributed by atoms with Gasteiger partial charge >= 0.3 is 0 Å². The fraction of sp³-hybridized carbons (Fsp3) is 0.238. The maximum atomic E-state index is 12.3. The Kier molecular flexibility index (Phi) is 5.45. The first-order valence-corrected chi connectivity index (χ1v) is 8.83. The molecule has 27 heavy (non-hydrogen) atoms. The number of rotatable bonds is 6. The van der Waals surface area contributed by atoms with Crippen molar-refractivity contribution in [2.45, 2.75) is 26.2 Å². The van der Waals surface area contributed by atoms with Crippen LogP contribution in [0.4, 0.5) is 5.69 Å². The van der Waals surface area contributed by atoms with E-state index in [2.05, 4.69) is 34.9 Å². The molecular weight excluding hydrogens is 338 g/mol. The molecule has 0 amide bonds. The summed E-state index contributed by atoms with van der Waals surface area (Å²) in [4.78, 5) is 16.4. The summed E-state index contributed by atoms with van der Waals surface area (Å²) in [6, 6.07) is 7.64. The lowest BCUT2D eigenvalue weighted by atomic mass is 9.94. The van der Waals surface area contributed by atoms with E-state index in [0.29, 0.717) is 12.1 Å². The van der Waals surface area contributed by atoms with Crippen molar-refractivity contribution in [3.63, 3.8) is 0 Å². The highest BCUT2D eigenvalue weighted by atomic mass is 16.1. The number of aryl methyl sites for hydroxylation is 1. The van der Waals surface area contributed by atoms with Gasteiger partial charge in [0.1, 0.15) is 11.4 Å². The summed E-state index contributed by atoms with van der Waals surface area (Å²) in [5.41, 5.74) is 4.30. The molecule has 0 bridgehead atoms. The predicted octanol–water partition coefficient (Wildman–Crippen LogP) is 3.68. The van der Waals surface area contributed by atoms with Gasteiger partial charge in [-0.15, -0.1) is 0 Å². The van der Waals surface area contributed by atoms with Crippen LogP contribution in [0, 0.1) is 0 Å². The zero-order valence-electron chi connectivity index (χ0n) is 15.8. The Bertz CT molecular complexity index is 1040. The third kappa shape index (κ3) is 4.11. The highest BCUT2D eigenvalue weighted by Crippen LogP contribution is 2.27. The summed E-state index contributed by atoms with van der Waals surface area (Å²) in [7, 11) is 1.85. The molecule has 0 aliphatic carbocycles. The van der Waals surface area contributed by atoms with Crippen molar-refractivity contribution in [2.75, 3.05) is 0 Å². The van der Waals surface area contributed by atoms with Crippen LogP contribution < -0.4 is 5.43 Å². The quantitative estimate of drug-likeness (QED) is 0.629. The Morgan fingerprint density at radius 3 is 2.81 bits per heavy atom. The van der Waals surface area contributed by atoms with Crippen LogP contribution in [0.2, 0.25) is 0 Å². The second-order valence-electron chi connectivity index (χ2n) is 6.52. The largest absolute Gasteiger partial charge is 0.288 e. The van der Waals surface area contributed by atoms with Crippen molar-refractivity contribution in [2.24, 2.45) is 12.0 Å².